The van der Waals surface area contributed by atoms with E-state index >= 15 is 0 Å². The van der Waals surface area contributed by atoms with E-state index in [0.29, 0.717) is 6.54 Å². The minimum absolute atomic E-state index is 0.0493. The molecule has 2 heterocycles. The lowest BCUT2D eigenvalue weighted by atomic mass is 10.0. The number of rotatable bonds is 1. The molecule has 2 aromatic heterocycles. The van der Waals surface area contributed by atoms with Gasteiger partial charge in [0.1, 0.15) is 6.33 Å². The first-order chi connectivity index (χ1) is 9.29. The summed E-state index contributed by atoms with van der Waals surface area (Å²) in [6.07, 6.45) is 3.47. The fourth-order valence-electron chi connectivity index (χ4n) is 2.76. The van der Waals surface area contributed by atoms with Gasteiger partial charge in [0.05, 0.1) is 11.0 Å². The maximum absolute atomic E-state index is 12.4. The van der Waals surface area contributed by atoms with Crippen molar-refractivity contribution in [3.63, 3.8) is 0 Å². The number of aromatic nitrogens is 3. The molecule has 0 N–H and O–H groups in total. The van der Waals surface area contributed by atoms with Crippen LogP contribution in [0.25, 0.3) is 32.6 Å². The van der Waals surface area contributed by atoms with Crippen molar-refractivity contribution in [2.75, 3.05) is 0 Å². The van der Waals surface area contributed by atoms with Crippen LogP contribution in [0.4, 0.5) is 0 Å². The molecule has 4 heteroatoms. The molecule has 4 rings (SSSR count). The third-order valence-electron chi connectivity index (χ3n) is 3.67. The molecule has 0 radical (unpaired) electrons. The molecule has 0 aliphatic carbocycles. The molecule has 4 nitrogen and oxygen atoms in total. The van der Waals surface area contributed by atoms with Crippen molar-refractivity contribution >= 4 is 32.6 Å². The highest BCUT2D eigenvalue weighted by molar-refractivity contribution is 6.20. The van der Waals surface area contributed by atoms with E-state index in [4.69, 9.17) is 0 Å². The zero-order valence-electron chi connectivity index (χ0n) is 10.4. The predicted octanol–water partition coefficient (Wildman–Crippen LogP) is 2.56. The van der Waals surface area contributed by atoms with Crippen LogP contribution in [0.15, 0.2) is 41.6 Å². The molecule has 2 aromatic carbocycles. The summed E-state index contributed by atoms with van der Waals surface area (Å²) in [5.41, 5.74) is 1.82. The molecule has 19 heavy (non-hydrogen) atoms. The van der Waals surface area contributed by atoms with Gasteiger partial charge in [-0.15, -0.1) is 0 Å². The van der Waals surface area contributed by atoms with Crippen LogP contribution in [0.5, 0.6) is 0 Å². The summed E-state index contributed by atoms with van der Waals surface area (Å²) in [7, 11) is 0. The number of aryl methyl sites for hydroxylation is 1. The van der Waals surface area contributed by atoms with E-state index in [1.807, 2.05) is 37.4 Å². The molecule has 0 aliphatic rings. The fraction of sp³-hybridized carbons (Fsp3) is 0.133. The lowest BCUT2D eigenvalue weighted by Gasteiger charge is -2.11. The molecule has 0 amide bonds. The highest BCUT2D eigenvalue weighted by atomic mass is 16.1. The second-order valence-corrected chi connectivity index (χ2v) is 4.65. The molecule has 0 spiro atoms. The van der Waals surface area contributed by atoms with Crippen LogP contribution < -0.4 is 5.56 Å². The van der Waals surface area contributed by atoms with Gasteiger partial charge < -0.3 is 4.57 Å². The Labute approximate surface area is 108 Å². The van der Waals surface area contributed by atoms with Gasteiger partial charge in [0.25, 0.3) is 5.56 Å². The van der Waals surface area contributed by atoms with Crippen molar-refractivity contribution in [1.29, 1.82) is 0 Å². The normalized spacial score (nSPS) is 11.8. The fourth-order valence-corrected chi connectivity index (χ4v) is 2.76. The third kappa shape index (κ3) is 1.25. The molecule has 92 valence electrons. The second-order valence-electron chi connectivity index (χ2n) is 4.65. The average molecular weight is 249 g/mol. The van der Waals surface area contributed by atoms with Gasteiger partial charge in [-0.2, -0.15) is 0 Å². The van der Waals surface area contributed by atoms with Crippen LogP contribution >= 0.6 is 0 Å². The minimum Gasteiger partial charge on any atom is -0.315 e. The summed E-state index contributed by atoms with van der Waals surface area (Å²) in [6.45, 7) is 2.65. The van der Waals surface area contributed by atoms with Gasteiger partial charge in [-0.1, -0.05) is 6.07 Å². The summed E-state index contributed by atoms with van der Waals surface area (Å²) in [5, 5.41) is 3.76. The van der Waals surface area contributed by atoms with Crippen LogP contribution in [-0.4, -0.2) is 14.5 Å². The van der Waals surface area contributed by atoms with E-state index in [1.54, 1.807) is 10.9 Å². The number of pyridine rings is 1. The van der Waals surface area contributed by atoms with E-state index in [1.165, 1.54) is 0 Å². The Kier molecular flexibility index (Phi) is 1.93. The molecule has 0 saturated heterocycles. The third-order valence-corrected chi connectivity index (χ3v) is 3.67. The van der Waals surface area contributed by atoms with Gasteiger partial charge in [0, 0.05) is 28.9 Å². The maximum Gasteiger partial charge on any atom is 0.258 e. The summed E-state index contributed by atoms with van der Waals surface area (Å²) < 4.78 is 1.74. The largest absolute Gasteiger partial charge is 0.315 e. The molecule has 0 fully saturated rings. The standard InChI is InChI=1S/C15H11N3O/c1-2-18-7-9-3-5-11-14-12(17-8-16-11)6-4-10(13(9)14)15(18)19/h3-8H,2H2,1H3. The SMILES string of the molecule is CCn1cc2ccc3ncnc4ccc(c1=O)c2c34. The van der Waals surface area contributed by atoms with Crippen LogP contribution in [0.1, 0.15) is 6.92 Å². The quantitative estimate of drug-likeness (QED) is 0.487. The van der Waals surface area contributed by atoms with Crippen molar-refractivity contribution in [3.05, 3.63) is 47.1 Å². The molecular formula is C15H11N3O. The molecular weight excluding hydrogens is 238 g/mol. The number of nitrogens with zero attached hydrogens (tertiary/aromatic N) is 3. The highest BCUT2D eigenvalue weighted by Gasteiger charge is 2.12. The Morgan fingerprint density at radius 3 is 2.53 bits per heavy atom. The lowest BCUT2D eigenvalue weighted by molar-refractivity contribution is 0.739. The summed E-state index contributed by atoms with van der Waals surface area (Å²) in [4.78, 5) is 21.0. The van der Waals surface area contributed by atoms with Crippen molar-refractivity contribution in [3.8, 4) is 0 Å². The predicted molar refractivity (Wildman–Crippen MR) is 75.7 cm³/mol. The van der Waals surface area contributed by atoms with Gasteiger partial charge in [-0.25, -0.2) is 9.97 Å². The van der Waals surface area contributed by atoms with Crippen LogP contribution in [0, 0.1) is 0 Å². The van der Waals surface area contributed by atoms with Crippen molar-refractivity contribution < 1.29 is 0 Å². The minimum atomic E-state index is 0.0493. The number of hydrogen-bond donors (Lipinski definition) is 0. The van der Waals surface area contributed by atoms with Gasteiger partial charge in [-0.05, 0) is 30.5 Å². The topological polar surface area (TPSA) is 47.8 Å². The van der Waals surface area contributed by atoms with Gasteiger partial charge in [0.2, 0.25) is 0 Å². The lowest BCUT2D eigenvalue weighted by Crippen LogP contribution is -2.18. The molecule has 0 saturated carbocycles. The van der Waals surface area contributed by atoms with E-state index in [0.717, 1.165) is 32.6 Å². The molecule has 0 bridgehead atoms. The molecule has 0 atom stereocenters. The summed E-state index contributed by atoms with van der Waals surface area (Å²) in [5.74, 6) is 0. The maximum atomic E-state index is 12.4. The van der Waals surface area contributed by atoms with Crippen molar-refractivity contribution in [1.82, 2.24) is 14.5 Å². The van der Waals surface area contributed by atoms with Gasteiger partial charge in [0.15, 0.2) is 0 Å². The van der Waals surface area contributed by atoms with Crippen molar-refractivity contribution in [2.45, 2.75) is 13.5 Å². The van der Waals surface area contributed by atoms with Crippen LogP contribution in [0.2, 0.25) is 0 Å². The number of benzene rings is 2. The Morgan fingerprint density at radius 1 is 1.05 bits per heavy atom. The summed E-state index contributed by atoms with van der Waals surface area (Å²) in [6, 6.07) is 7.76. The van der Waals surface area contributed by atoms with E-state index < -0.39 is 0 Å². The monoisotopic (exact) mass is 249 g/mol. The zero-order valence-corrected chi connectivity index (χ0v) is 10.4. The Bertz CT molecular complexity index is 956. The molecule has 0 aliphatic heterocycles. The molecule has 4 aromatic rings. The Hall–Kier alpha value is -2.49. The zero-order chi connectivity index (χ0) is 13.0. The second kappa shape index (κ2) is 3.51. The van der Waals surface area contributed by atoms with Crippen LogP contribution in [-0.2, 0) is 6.54 Å². The van der Waals surface area contributed by atoms with E-state index in [9.17, 15) is 4.79 Å². The van der Waals surface area contributed by atoms with Gasteiger partial charge >= 0.3 is 0 Å². The van der Waals surface area contributed by atoms with Gasteiger partial charge in [-0.3, -0.25) is 4.79 Å². The molecule has 0 unspecified atom stereocenters. The van der Waals surface area contributed by atoms with Crippen LogP contribution in [0.3, 0.4) is 0 Å². The number of hydrogen-bond acceptors (Lipinski definition) is 3. The highest BCUT2D eigenvalue weighted by Crippen LogP contribution is 2.30. The smallest absolute Gasteiger partial charge is 0.258 e. The van der Waals surface area contributed by atoms with E-state index in [2.05, 4.69) is 9.97 Å². The first-order valence-electron chi connectivity index (χ1n) is 6.28. The van der Waals surface area contributed by atoms with Crippen molar-refractivity contribution in [2.24, 2.45) is 0 Å². The average Bonchev–Trinajstić information content (AvgIpc) is 2.46. The first-order valence-corrected chi connectivity index (χ1v) is 6.28. The summed E-state index contributed by atoms with van der Waals surface area (Å²) >= 11 is 0. The van der Waals surface area contributed by atoms with E-state index in [-0.39, 0.29) is 5.56 Å². The first kappa shape index (κ1) is 10.4. The Morgan fingerprint density at radius 2 is 1.79 bits per heavy atom. The Balaban J connectivity index is 2.41.